The van der Waals surface area contributed by atoms with Gasteiger partial charge in [-0.1, -0.05) is 30.3 Å². The Morgan fingerprint density at radius 3 is 2.67 bits per heavy atom. The molecule has 110 valence electrons. The van der Waals surface area contributed by atoms with Gasteiger partial charge in [-0.2, -0.15) is 0 Å². The summed E-state index contributed by atoms with van der Waals surface area (Å²) in [5.41, 5.74) is 10.1. The van der Waals surface area contributed by atoms with Gasteiger partial charge in [0.1, 0.15) is 0 Å². The molecule has 0 spiro atoms. The van der Waals surface area contributed by atoms with Gasteiger partial charge in [0.05, 0.1) is 6.10 Å². The highest BCUT2D eigenvalue weighted by atomic mass is 16.3. The molecular weight excluding hydrogens is 260 g/mol. The van der Waals surface area contributed by atoms with E-state index in [0.29, 0.717) is 0 Å². The summed E-state index contributed by atoms with van der Waals surface area (Å²) >= 11 is 0. The summed E-state index contributed by atoms with van der Waals surface area (Å²) < 4.78 is 0. The maximum Gasteiger partial charge on any atom is 0.0806 e. The summed E-state index contributed by atoms with van der Waals surface area (Å²) in [6.45, 7) is 1.95. The molecule has 0 radical (unpaired) electrons. The van der Waals surface area contributed by atoms with Gasteiger partial charge in [-0.25, -0.2) is 0 Å². The number of anilines is 2. The fourth-order valence-electron chi connectivity index (χ4n) is 3.01. The molecule has 2 aromatic rings. The Labute approximate surface area is 126 Å². The molecule has 3 nitrogen and oxygen atoms in total. The predicted molar refractivity (Wildman–Crippen MR) is 87.4 cm³/mol. The van der Waals surface area contributed by atoms with E-state index in [1.165, 1.54) is 17.7 Å². The summed E-state index contributed by atoms with van der Waals surface area (Å²) in [4.78, 5) is 2.39. The number of hydrogen-bond acceptors (Lipinski definition) is 3. The Bertz CT molecular complexity index is 594. The molecule has 3 N–H and O–H groups in total. The summed E-state index contributed by atoms with van der Waals surface area (Å²) in [6, 6.07) is 16.1. The lowest BCUT2D eigenvalue weighted by Crippen LogP contribution is -2.31. The quantitative estimate of drug-likeness (QED) is 0.847. The Hall–Kier alpha value is -2.00. The van der Waals surface area contributed by atoms with E-state index >= 15 is 0 Å². The molecular formula is C18H22N2O. The number of para-hydroxylation sites is 1. The van der Waals surface area contributed by atoms with Crippen LogP contribution in [0.2, 0.25) is 0 Å². The first-order valence-corrected chi connectivity index (χ1v) is 7.60. The smallest absolute Gasteiger partial charge is 0.0806 e. The SMILES string of the molecule is Nc1ccc(C(O)CCN2CCCc3ccccc32)cc1. The topological polar surface area (TPSA) is 49.5 Å². The molecule has 1 atom stereocenters. The number of aryl methyl sites for hydroxylation is 1. The van der Waals surface area contributed by atoms with Crippen LogP contribution in [0.3, 0.4) is 0 Å². The van der Waals surface area contributed by atoms with Gasteiger partial charge >= 0.3 is 0 Å². The highest BCUT2D eigenvalue weighted by Gasteiger charge is 2.17. The van der Waals surface area contributed by atoms with Crippen molar-refractivity contribution in [2.75, 3.05) is 23.7 Å². The van der Waals surface area contributed by atoms with E-state index in [2.05, 4.69) is 29.2 Å². The minimum Gasteiger partial charge on any atom is -0.399 e. The molecule has 1 heterocycles. The van der Waals surface area contributed by atoms with Crippen molar-refractivity contribution in [3.63, 3.8) is 0 Å². The van der Waals surface area contributed by atoms with Crippen LogP contribution in [0.15, 0.2) is 48.5 Å². The van der Waals surface area contributed by atoms with Crippen LogP contribution in [0.1, 0.15) is 30.1 Å². The molecule has 0 bridgehead atoms. The molecule has 3 heteroatoms. The number of aliphatic hydroxyl groups excluding tert-OH is 1. The molecule has 1 aliphatic rings. The van der Waals surface area contributed by atoms with E-state index in [-0.39, 0.29) is 0 Å². The Balaban J connectivity index is 1.64. The van der Waals surface area contributed by atoms with Gasteiger partial charge in [0.15, 0.2) is 0 Å². The lowest BCUT2D eigenvalue weighted by atomic mass is 10.0. The maximum absolute atomic E-state index is 10.3. The lowest BCUT2D eigenvalue weighted by molar-refractivity contribution is 0.169. The molecule has 0 saturated heterocycles. The van der Waals surface area contributed by atoms with Crippen LogP contribution in [0.4, 0.5) is 11.4 Å². The zero-order valence-electron chi connectivity index (χ0n) is 12.2. The second-order valence-corrected chi connectivity index (χ2v) is 5.69. The van der Waals surface area contributed by atoms with Gasteiger partial charge in [0, 0.05) is 24.5 Å². The van der Waals surface area contributed by atoms with E-state index in [0.717, 1.165) is 37.2 Å². The normalized spacial score (nSPS) is 15.6. The van der Waals surface area contributed by atoms with Crippen molar-refractivity contribution in [1.82, 2.24) is 0 Å². The number of benzene rings is 2. The van der Waals surface area contributed by atoms with Crippen LogP contribution >= 0.6 is 0 Å². The Morgan fingerprint density at radius 2 is 1.86 bits per heavy atom. The molecule has 2 aromatic carbocycles. The van der Waals surface area contributed by atoms with Crippen molar-refractivity contribution >= 4 is 11.4 Å². The van der Waals surface area contributed by atoms with Crippen LogP contribution in [-0.4, -0.2) is 18.2 Å². The summed E-state index contributed by atoms with van der Waals surface area (Å²) in [5.74, 6) is 0. The Kier molecular flexibility index (Phi) is 4.11. The first-order valence-electron chi connectivity index (χ1n) is 7.60. The van der Waals surface area contributed by atoms with E-state index < -0.39 is 6.10 Å². The van der Waals surface area contributed by atoms with Crippen LogP contribution in [-0.2, 0) is 6.42 Å². The molecule has 0 aromatic heterocycles. The summed E-state index contributed by atoms with van der Waals surface area (Å²) in [6.07, 6.45) is 2.65. The van der Waals surface area contributed by atoms with Crippen LogP contribution in [0.5, 0.6) is 0 Å². The number of nitrogens with zero attached hydrogens (tertiary/aromatic N) is 1. The zero-order valence-corrected chi connectivity index (χ0v) is 12.2. The fourth-order valence-corrected chi connectivity index (χ4v) is 3.01. The van der Waals surface area contributed by atoms with E-state index in [1.807, 2.05) is 24.3 Å². The second kappa shape index (κ2) is 6.19. The lowest BCUT2D eigenvalue weighted by Gasteiger charge is -2.32. The molecule has 0 aliphatic carbocycles. The van der Waals surface area contributed by atoms with Crippen molar-refractivity contribution in [3.05, 3.63) is 59.7 Å². The first kappa shape index (κ1) is 14.0. The largest absolute Gasteiger partial charge is 0.399 e. The van der Waals surface area contributed by atoms with E-state index in [1.54, 1.807) is 0 Å². The van der Waals surface area contributed by atoms with Crippen molar-refractivity contribution < 1.29 is 5.11 Å². The molecule has 21 heavy (non-hydrogen) atoms. The van der Waals surface area contributed by atoms with Crippen molar-refractivity contribution in [1.29, 1.82) is 0 Å². The first-order chi connectivity index (χ1) is 10.2. The maximum atomic E-state index is 10.3. The minimum atomic E-state index is -0.431. The van der Waals surface area contributed by atoms with Gasteiger partial charge in [0.2, 0.25) is 0 Å². The highest BCUT2D eigenvalue weighted by molar-refractivity contribution is 5.55. The number of nitrogen functional groups attached to an aromatic ring is 1. The van der Waals surface area contributed by atoms with Gasteiger partial charge in [0.25, 0.3) is 0 Å². The third-order valence-corrected chi connectivity index (χ3v) is 4.20. The zero-order chi connectivity index (χ0) is 14.7. The van der Waals surface area contributed by atoms with Crippen LogP contribution in [0, 0.1) is 0 Å². The van der Waals surface area contributed by atoms with Crippen molar-refractivity contribution in [3.8, 4) is 0 Å². The van der Waals surface area contributed by atoms with Gasteiger partial charge in [-0.15, -0.1) is 0 Å². The molecule has 1 unspecified atom stereocenters. The third kappa shape index (κ3) is 3.19. The van der Waals surface area contributed by atoms with Gasteiger partial charge < -0.3 is 15.7 Å². The summed E-state index contributed by atoms with van der Waals surface area (Å²) in [5, 5.41) is 10.3. The molecule has 0 saturated carbocycles. The average molecular weight is 282 g/mol. The van der Waals surface area contributed by atoms with Crippen LogP contribution in [0.25, 0.3) is 0 Å². The Morgan fingerprint density at radius 1 is 1.10 bits per heavy atom. The monoisotopic (exact) mass is 282 g/mol. The third-order valence-electron chi connectivity index (χ3n) is 4.20. The van der Waals surface area contributed by atoms with Crippen molar-refractivity contribution in [2.24, 2.45) is 0 Å². The fraction of sp³-hybridized carbons (Fsp3) is 0.333. The van der Waals surface area contributed by atoms with Gasteiger partial charge in [-0.3, -0.25) is 0 Å². The van der Waals surface area contributed by atoms with Crippen LogP contribution < -0.4 is 10.6 Å². The minimum absolute atomic E-state index is 0.431. The van der Waals surface area contributed by atoms with Gasteiger partial charge in [-0.05, 0) is 48.6 Å². The van der Waals surface area contributed by atoms with E-state index in [4.69, 9.17) is 5.73 Å². The molecule has 3 rings (SSSR count). The second-order valence-electron chi connectivity index (χ2n) is 5.69. The number of fused-ring (bicyclic) bond motifs is 1. The molecule has 0 fully saturated rings. The highest BCUT2D eigenvalue weighted by Crippen LogP contribution is 2.28. The standard InChI is InChI=1S/C18H22N2O/c19-16-9-7-15(8-10-16)18(21)11-13-20-12-3-5-14-4-1-2-6-17(14)20/h1-2,4,6-10,18,21H,3,5,11-13,19H2. The average Bonchev–Trinajstić information content (AvgIpc) is 2.53. The number of rotatable bonds is 4. The molecule has 1 aliphatic heterocycles. The summed E-state index contributed by atoms with van der Waals surface area (Å²) in [7, 11) is 0. The predicted octanol–water partition coefficient (Wildman–Crippen LogP) is 3.15. The number of aliphatic hydroxyl groups is 1. The van der Waals surface area contributed by atoms with E-state index in [9.17, 15) is 5.11 Å². The number of hydrogen-bond donors (Lipinski definition) is 2. The number of nitrogens with two attached hydrogens (primary N) is 1. The molecule has 0 amide bonds. The van der Waals surface area contributed by atoms with Crippen molar-refractivity contribution in [2.45, 2.75) is 25.4 Å².